The molecule has 0 spiro atoms. The van der Waals surface area contributed by atoms with Crippen molar-refractivity contribution in [1.29, 1.82) is 0 Å². The molecule has 3 heterocycles. The number of benzene rings is 2. The molecule has 180 valence electrons. The van der Waals surface area contributed by atoms with Gasteiger partial charge in [0, 0.05) is 60.3 Å². The molecular weight excluding hydrogens is 458 g/mol. The van der Waals surface area contributed by atoms with E-state index in [1.54, 1.807) is 0 Å². The number of piperazine rings is 1. The topological polar surface area (TPSA) is 83.6 Å². The van der Waals surface area contributed by atoms with E-state index in [9.17, 15) is 9.59 Å². The molecule has 2 amide bonds. The molecule has 2 aromatic carbocycles. The van der Waals surface area contributed by atoms with Crippen LogP contribution in [0, 0.1) is 0 Å². The van der Waals surface area contributed by atoms with Crippen LogP contribution in [0.25, 0.3) is 21.3 Å². The monoisotopic (exact) mass is 487 g/mol. The van der Waals surface area contributed by atoms with E-state index < -0.39 is 5.91 Å². The number of nitrogens with one attached hydrogen (secondary N) is 1. The van der Waals surface area contributed by atoms with Crippen molar-refractivity contribution in [3.05, 3.63) is 77.3 Å². The summed E-state index contributed by atoms with van der Waals surface area (Å²) in [5, 5.41) is 4.04. The number of nitrogens with zero attached hydrogens (tertiary/aromatic N) is 3. The number of carbonyl (C=O) groups excluding carboxylic acids is 2. The number of anilines is 1. The predicted octanol–water partition coefficient (Wildman–Crippen LogP) is 3.70. The second kappa shape index (κ2) is 10.0. The number of likely N-dealkylation sites (N-methyl/N-ethyl adjacent to an activating group) is 1. The Morgan fingerprint density at radius 2 is 1.71 bits per heavy atom. The smallest absolute Gasteiger partial charge is 0.260 e. The van der Waals surface area contributed by atoms with E-state index in [0.717, 1.165) is 54.1 Å². The molecular formula is C27H29N5O2S. The second-order valence-corrected chi connectivity index (χ2v) is 10.1. The fourth-order valence-corrected chi connectivity index (χ4v) is 5.54. The molecule has 0 unspecified atom stereocenters. The molecule has 3 N–H and O–H groups in total. The van der Waals surface area contributed by atoms with Crippen LogP contribution in [0.4, 0.5) is 5.69 Å². The lowest BCUT2D eigenvalue weighted by molar-refractivity contribution is -0.117. The van der Waals surface area contributed by atoms with E-state index >= 15 is 0 Å². The van der Waals surface area contributed by atoms with Crippen LogP contribution < -0.4 is 11.1 Å². The van der Waals surface area contributed by atoms with Gasteiger partial charge in [-0.1, -0.05) is 48.5 Å². The van der Waals surface area contributed by atoms with Crippen LogP contribution >= 0.6 is 11.3 Å². The Kier molecular flexibility index (Phi) is 6.68. The molecule has 0 bridgehead atoms. The van der Waals surface area contributed by atoms with Crippen LogP contribution in [0.5, 0.6) is 0 Å². The van der Waals surface area contributed by atoms with Gasteiger partial charge in [-0.3, -0.25) is 14.5 Å². The van der Waals surface area contributed by atoms with Gasteiger partial charge in [0.05, 0.1) is 12.2 Å². The number of aromatic nitrogens is 1. The van der Waals surface area contributed by atoms with Crippen LogP contribution in [0.15, 0.2) is 66.9 Å². The van der Waals surface area contributed by atoms with Crippen molar-refractivity contribution >= 4 is 39.7 Å². The van der Waals surface area contributed by atoms with Gasteiger partial charge in [-0.25, -0.2) is 0 Å². The lowest BCUT2D eigenvalue weighted by Crippen LogP contribution is -2.47. The summed E-state index contributed by atoms with van der Waals surface area (Å²) in [6.45, 7) is 4.62. The highest BCUT2D eigenvalue weighted by molar-refractivity contribution is 7.18. The second-order valence-electron chi connectivity index (χ2n) is 9.02. The summed E-state index contributed by atoms with van der Waals surface area (Å²) in [5.74, 6) is -0.669. The first-order chi connectivity index (χ1) is 17.0. The SMILES string of the molecule is CN1CCN(CC(=O)Nc2cc(-c3cn(Cc4ccccc4)c4ccccc34)sc2C(N)=O)CC1. The van der Waals surface area contributed by atoms with E-state index in [1.807, 2.05) is 36.4 Å². The van der Waals surface area contributed by atoms with E-state index in [1.165, 1.54) is 16.9 Å². The minimum Gasteiger partial charge on any atom is -0.365 e. The van der Waals surface area contributed by atoms with Crippen LogP contribution in [-0.4, -0.2) is 66.0 Å². The number of para-hydroxylation sites is 1. The fraction of sp³-hybridized carbons (Fsp3) is 0.259. The lowest BCUT2D eigenvalue weighted by Gasteiger charge is -2.31. The molecule has 35 heavy (non-hydrogen) atoms. The number of hydrogen-bond acceptors (Lipinski definition) is 5. The van der Waals surface area contributed by atoms with Crippen molar-refractivity contribution in [2.24, 2.45) is 5.73 Å². The summed E-state index contributed by atoms with van der Waals surface area (Å²) in [4.78, 5) is 30.7. The number of primary amides is 1. The number of hydrogen-bond donors (Lipinski definition) is 2. The standard InChI is InChI=1S/C27H29N5O2S/c1-30-11-13-31(14-12-30)18-25(33)29-22-15-24(35-26(22)27(28)34)21-17-32(16-19-7-3-2-4-8-19)23-10-6-5-9-20(21)23/h2-10,15,17H,11-14,16,18H2,1H3,(H2,28,34)(H,29,33). The van der Waals surface area contributed by atoms with Crippen LogP contribution in [0.1, 0.15) is 15.2 Å². The van der Waals surface area contributed by atoms with Crippen molar-refractivity contribution in [1.82, 2.24) is 14.4 Å². The zero-order valence-electron chi connectivity index (χ0n) is 19.7. The van der Waals surface area contributed by atoms with Gasteiger partial charge in [0.1, 0.15) is 4.88 Å². The first-order valence-corrected chi connectivity index (χ1v) is 12.6. The Morgan fingerprint density at radius 1 is 1.00 bits per heavy atom. The number of thiophene rings is 1. The quantitative estimate of drug-likeness (QED) is 0.416. The Morgan fingerprint density at radius 3 is 2.46 bits per heavy atom. The van der Waals surface area contributed by atoms with Crippen molar-refractivity contribution in [2.75, 3.05) is 45.1 Å². The van der Waals surface area contributed by atoms with Gasteiger partial charge in [0.2, 0.25) is 5.91 Å². The molecule has 2 aromatic heterocycles. The molecule has 7 nitrogen and oxygen atoms in total. The molecule has 0 saturated carbocycles. The molecule has 0 aliphatic carbocycles. The number of amides is 2. The molecule has 0 radical (unpaired) electrons. The van der Waals surface area contributed by atoms with Crippen LogP contribution in [0.2, 0.25) is 0 Å². The largest absolute Gasteiger partial charge is 0.365 e. The molecule has 0 atom stereocenters. The zero-order chi connectivity index (χ0) is 24.4. The first kappa shape index (κ1) is 23.3. The van der Waals surface area contributed by atoms with Crippen molar-refractivity contribution in [2.45, 2.75) is 6.54 Å². The van der Waals surface area contributed by atoms with Gasteiger partial charge < -0.3 is 20.5 Å². The van der Waals surface area contributed by atoms with Gasteiger partial charge in [0.25, 0.3) is 5.91 Å². The highest BCUT2D eigenvalue weighted by Crippen LogP contribution is 2.39. The number of rotatable bonds is 7. The third kappa shape index (κ3) is 5.14. The molecule has 5 rings (SSSR count). The molecule has 1 saturated heterocycles. The normalized spacial score (nSPS) is 14.9. The van der Waals surface area contributed by atoms with Gasteiger partial charge in [-0.15, -0.1) is 11.3 Å². The Hall–Kier alpha value is -3.46. The van der Waals surface area contributed by atoms with Crippen molar-refractivity contribution < 1.29 is 9.59 Å². The Bertz CT molecular complexity index is 1350. The Labute approximate surface area is 208 Å². The number of fused-ring (bicyclic) bond motifs is 1. The van der Waals surface area contributed by atoms with E-state index in [2.05, 4.69) is 57.2 Å². The summed E-state index contributed by atoms with van der Waals surface area (Å²) in [6, 6.07) is 20.4. The molecule has 8 heteroatoms. The summed E-state index contributed by atoms with van der Waals surface area (Å²) in [6.07, 6.45) is 2.12. The third-order valence-electron chi connectivity index (χ3n) is 6.44. The summed E-state index contributed by atoms with van der Waals surface area (Å²) < 4.78 is 2.22. The Balaban J connectivity index is 1.43. The predicted molar refractivity (Wildman–Crippen MR) is 142 cm³/mol. The van der Waals surface area contributed by atoms with Crippen LogP contribution in [0.3, 0.4) is 0 Å². The fourth-order valence-electron chi connectivity index (χ4n) is 4.55. The highest BCUT2D eigenvalue weighted by atomic mass is 32.1. The first-order valence-electron chi connectivity index (χ1n) is 11.7. The lowest BCUT2D eigenvalue weighted by atomic mass is 10.1. The maximum atomic E-state index is 12.8. The summed E-state index contributed by atoms with van der Waals surface area (Å²) in [5.41, 5.74) is 9.52. The van der Waals surface area contributed by atoms with Gasteiger partial charge in [-0.05, 0) is 24.7 Å². The average Bonchev–Trinajstić information content (AvgIpc) is 3.43. The average molecular weight is 488 g/mol. The van der Waals surface area contributed by atoms with Gasteiger partial charge in [0.15, 0.2) is 0 Å². The third-order valence-corrected chi connectivity index (χ3v) is 7.63. The number of nitrogens with two attached hydrogens (primary N) is 1. The van der Waals surface area contributed by atoms with Gasteiger partial charge >= 0.3 is 0 Å². The van der Waals surface area contributed by atoms with Crippen LogP contribution in [-0.2, 0) is 11.3 Å². The van der Waals surface area contributed by atoms with Crippen molar-refractivity contribution in [3.63, 3.8) is 0 Å². The minimum atomic E-state index is -0.538. The van der Waals surface area contributed by atoms with E-state index in [0.29, 0.717) is 17.1 Å². The van der Waals surface area contributed by atoms with Gasteiger partial charge in [-0.2, -0.15) is 0 Å². The minimum absolute atomic E-state index is 0.132. The van der Waals surface area contributed by atoms with E-state index in [4.69, 9.17) is 5.73 Å². The summed E-state index contributed by atoms with van der Waals surface area (Å²) >= 11 is 1.32. The summed E-state index contributed by atoms with van der Waals surface area (Å²) in [7, 11) is 2.08. The highest BCUT2D eigenvalue weighted by Gasteiger charge is 2.21. The molecule has 1 fully saturated rings. The maximum absolute atomic E-state index is 12.8. The molecule has 1 aliphatic rings. The zero-order valence-corrected chi connectivity index (χ0v) is 20.6. The van der Waals surface area contributed by atoms with Crippen molar-refractivity contribution in [3.8, 4) is 10.4 Å². The molecule has 1 aliphatic heterocycles. The maximum Gasteiger partial charge on any atom is 0.260 e. The van der Waals surface area contributed by atoms with E-state index in [-0.39, 0.29) is 5.91 Å². The number of carbonyl (C=O) groups is 2. The molecule has 4 aromatic rings.